The highest BCUT2D eigenvalue weighted by molar-refractivity contribution is 5.80. The van der Waals surface area contributed by atoms with Gasteiger partial charge in [-0.3, -0.25) is 4.79 Å². The van der Waals surface area contributed by atoms with E-state index < -0.39 is 24.2 Å². The monoisotopic (exact) mass is 704 g/mol. The van der Waals surface area contributed by atoms with E-state index in [9.17, 15) is 20.1 Å². The Kier molecular flexibility index (Phi) is 39.2. The third-order valence-corrected chi connectivity index (χ3v) is 10.0. The lowest BCUT2D eigenvalue weighted by atomic mass is 10.0. The van der Waals surface area contributed by atoms with E-state index in [-0.39, 0.29) is 6.61 Å². The Hall–Kier alpha value is -1.43. The first kappa shape index (κ1) is 48.6. The van der Waals surface area contributed by atoms with Crippen molar-refractivity contribution in [1.29, 1.82) is 0 Å². The maximum absolute atomic E-state index is 12.4. The molecule has 4 N–H and O–H groups in total. The predicted octanol–water partition coefficient (Wildman–Crippen LogP) is 12.4. The number of aliphatic hydroxyl groups excluding tert-OH is 3. The Morgan fingerprint density at radius 3 is 1.26 bits per heavy atom. The van der Waals surface area contributed by atoms with Gasteiger partial charge >= 0.3 is 0 Å². The molecule has 1 amide bonds. The van der Waals surface area contributed by atoms with Crippen LogP contribution in [-0.2, 0) is 4.79 Å². The van der Waals surface area contributed by atoms with Crippen LogP contribution < -0.4 is 5.32 Å². The maximum atomic E-state index is 12.4. The van der Waals surface area contributed by atoms with Gasteiger partial charge in [0, 0.05) is 0 Å². The SMILES string of the molecule is CCCCC/C=C\C=C/CCCCCCCC(O)C(=O)NC(CO)C(O)/C=C/CCCCCCCCCCCCCCCCCCCCCC. The topological polar surface area (TPSA) is 89.8 Å². The normalized spacial score (nSPS) is 13.9. The molecule has 0 fully saturated rings. The molecule has 0 aliphatic carbocycles. The highest BCUT2D eigenvalue weighted by atomic mass is 16.3. The molecule has 0 saturated heterocycles. The van der Waals surface area contributed by atoms with E-state index >= 15 is 0 Å². The number of allylic oxidation sites excluding steroid dienone is 5. The highest BCUT2D eigenvalue weighted by Crippen LogP contribution is 2.15. The lowest BCUT2D eigenvalue weighted by Gasteiger charge is -2.21. The largest absolute Gasteiger partial charge is 0.394 e. The van der Waals surface area contributed by atoms with Gasteiger partial charge in [-0.2, -0.15) is 0 Å². The van der Waals surface area contributed by atoms with E-state index in [2.05, 4.69) is 43.5 Å². The number of amides is 1. The van der Waals surface area contributed by atoms with Gasteiger partial charge in [0.15, 0.2) is 0 Å². The van der Waals surface area contributed by atoms with Crippen LogP contribution in [0.5, 0.6) is 0 Å². The molecule has 0 aliphatic heterocycles. The van der Waals surface area contributed by atoms with Crippen LogP contribution in [0.15, 0.2) is 36.5 Å². The minimum atomic E-state index is -1.11. The maximum Gasteiger partial charge on any atom is 0.249 e. The van der Waals surface area contributed by atoms with E-state index in [1.165, 1.54) is 148 Å². The van der Waals surface area contributed by atoms with Gasteiger partial charge in [0.2, 0.25) is 5.91 Å². The molecule has 5 heteroatoms. The van der Waals surface area contributed by atoms with E-state index in [0.717, 1.165) is 51.4 Å². The summed E-state index contributed by atoms with van der Waals surface area (Å²) in [5, 5.41) is 33.1. The zero-order chi connectivity index (χ0) is 36.6. The van der Waals surface area contributed by atoms with Gasteiger partial charge in [-0.25, -0.2) is 0 Å². The van der Waals surface area contributed by atoms with Crippen molar-refractivity contribution >= 4 is 5.91 Å². The van der Waals surface area contributed by atoms with Gasteiger partial charge in [-0.1, -0.05) is 211 Å². The first-order valence-corrected chi connectivity index (χ1v) is 21.8. The van der Waals surface area contributed by atoms with E-state index in [0.29, 0.717) is 6.42 Å². The zero-order valence-corrected chi connectivity index (χ0v) is 33.3. The molecule has 5 nitrogen and oxygen atoms in total. The summed E-state index contributed by atoms with van der Waals surface area (Å²) in [5.74, 6) is -0.515. The molecule has 0 aromatic rings. The smallest absolute Gasteiger partial charge is 0.249 e. The van der Waals surface area contributed by atoms with Crippen molar-refractivity contribution in [2.24, 2.45) is 0 Å². The third kappa shape index (κ3) is 35.0. The summed E-state index contributed by atoms with van der Waals surface area (Å²) in [6.07, 6.45) is 50.3. The molecule has 3 unspecified atom stereocenters. The van der Waals surface area contributed by atoms with Crippen molar-refractivity contribution in [2.45, 2.75) is 238 Å². The Bertz CT molecular complexity index is 779. The Labute approximate surface area is 311 Å². The number of carbonyl (C=O) groups is 1. The van der Waals surface area contributed by atoms with Crippen LogP contribution in [0.25, 0.3) is 0 Å². The molecule has 0 aromatic carbocycles. The molecule has 0 aromatic heterocycles. The van der Waals surface area contributed by atoms with E-state index in [1.807, 2.05) is 6.08 Å². The van der Waals surface area contributed by atoms with Gasteiger partial charge in [0.25, 0.3) is 0 Å². The van der Waals surface area contributed by atoms with Crippen LogP contribution in [0, 0.1) is 0 Å². The molecule has 0 aliphatic rings. The fraction of sp³-hybridized carbons (Fsp3) is 0.844. The summed E-state index contributed by atoms with van der Waals surface area (Å²) >= 11 is 0. The highest BCUT2D eigenvalue weighted by Gasteiger charge is 2.22. The summed E-state index contributed by atoms with van der Waals surface area (Å²) in [4.78, 5) is 12.4. The van der Waals surface area contributed by atoms with Crippen LogP contribution in [0.1, 0.15) is 219 Å². The van der Waals surface area contributed by atoms with Crippen molar-refractivity contribution < 1.29 is 20.1 Å². The molecular formula is C45H85NO4. The van der Waals surface area contributed by atoms with Crippen molar-refractivity contribution in [2.75, 3.05) is 6.61 Å². The lowest BCUT2D eigenvalue weighted by molar-refractivity contribution is -0.131. The summed E-state index contributed by atoms with van der Waals surface area (Å²) in [6.45, 7) is 4.15. The van der Waals surface area contributed by atoms with Gasteiger partial charge in [0.1, 0.15) is 6.10 Å². The van der Waals surface area contributed by atoms with Crippen LogP contribution in [0.2, 0.25) is 0 Å². The Balaban J connectivity index is 3.67. The minimum Gasteiger partial charge on any atom is -0.394 e. The quantitative estimate of drug-likeness (QED) is 0.0291. The first-order chi connectivity index (χ1) is 24.6. The molecule has 0 spiro atoms. The third-order valence-electron chi connectivity index (χ3n) is 10.0. The number of rotatable bonds is 39. The summed E-state index contributed by atoms with van der Waals surface area (Å²) in [6, 6.07) is -0.803. The molecule has 0 radical (unpaired) electrons. The van der Waals surface area contributed by atoms with Crippen LogP contribution >= 0.6 is 0 Å². The van der Waals surface area contributed by atoms with Crippen molar-refractivity contribution in [1.82, 2.24) is 5.32 Å². The van der Waals surface area contributed by atoms with Gasteiger partial charge in [-0.05, 0) is 44.9 Å². The molecule has 0 rings (SSSR count). The lowest BCUT2D eigenvalue weighted by Crippen LogP contribution is -2.48. The Morgan fingerprint density at radius 2 is 0.840 bits per heavy atom. The molecule has 0 saturated carbocycles. The zero-order valence-electron chi connectivity index (χ0n) is 33.3. The van der Waals surface area contributed by atoms with Crippen molar-refractivity contribution in [3.05, 3.63) is 36.5 Å². The summed E-state index contributed by atoms with van der Waals surface area (Å²) < 4.78 is 0. The second-order valence-electron chi connectivity index (χ2n) is 14.9. The number of nitrogens with one attached hydrogen (secondary N) is 1. The average molecular weight is 704 g/mol. The standard InChI is InChI=1S/C45H85NO4/c1-3-5-7-9-11-13-15-17-19-20-21-22-23-24-25-26-28-29-31-33-35-37-39-43(48)42(41-47)46-45(50)44(49)40-38-36-34-32-30-27-18-16-14-12-10-8-6-4-2/h12,14,16,18,37,39,42-44,47-49H,3-11,13,15,17,19-36,38,40-41H2,1-2H3,(H,46,50)/b14-12-,18-16-,39-37+. The number of aliphatic hydroxyl groups is 3. The molecule has 3 atom stereocenters. The van der Waals surface area contributed by atoms with Crippen molar-refractivity contribution in [3.63, 3.8) is 0 Å². The number of carbonyl (C=O) groups excluding carboxylic acids is 1. The van der Waals surface area contributed by atoms with Crippen LogP contribution in [0.4, 0.5) is 0 Å². The van der Waals surface area contributed by atoms with E-state index in [1.54, 1.807) is 6.08 Å². The molecular weight excluding hydrogens is 618 g/mol. The molecule has 0 heterocycles. The van der Waals surface area contributed by atoms with Gasteiger partial charge in [0.05, 0.1) is 18.8 Å². The van der Waals surface area contributed by atoms with Crippen LogP contribution in [-0.4, -0.2) is 46.1 Å². The average Bonchev–Trinajstić information content (AvgIpc) is 3.12. The fourth-order valence-corrected chi connectivity index (χ4v) is 6.53. The Morgan fingerprint density at radius 1 is 0.500 bits per heavy atom. The summed E-state index contributed by atoms with van der Waals surface area (Å²) in [7, 11) is 0. The second kappa shape index (κ2) is 40.3. The van der Waals surface area contributed by atoms with Gasteiger partial charge in [-0.15, -0.1) is 0 Å². The molecule has 294 valence electrons. The number of hydrogen-bond acceptors (Lipinski definition) is 4. The second-order valence-corrected chi connectivity index (χ2v) is 14.9. The fourth-order valence-electron chi connectivity index (χ4n) is 6.53. The number of unbranched alkanes of at least 4 members (excludes halogenated alkanes) is 28. The molecule has 50 heavy (non-hydrogen) atoms. The summed E-state index contributed by atoms with van der Waals surface area (Å²) in [5.41, 5.74) is 0. The molecule has 0 bridgehead atoms. The first-order valence-electron chi connectivity index (χ1n) is 21.8. The van der Waals surface area contributed by atoms with E-state index in [4.69, 9.17) is 0 Å². The van der Waals surface area contributed by atoms with Crippen LogP contribution in [0.3, 0.4) is 0 Å². The van der Waals surface area contributed by atoms with Crippen molar-refractivity contribution in [3.8, 4) is 0 Å². The minimum absolute atomic E-state index is 0.369. The number of hydrogen-bond donors (Lipinski definition) is 4. The predicted molar refractivity (Wildman–Crippen MR) is 218 cm³/mol. The van der Waals surface area contributed by atoms with Gasteiger partial charge < -0.3 is 20.6 Å².